The van der Waals surface area contributed by atoms with Gasteiger partial charge < -0.3 is 15.1 Å². The predicted octanol–water partition coefficient (Wildman–Crippen LogP) is 3.24. The number of hydrogen-bond donors (Lipinski definition) is 1. The molecular weight excluding hydrogens is 224 g/mol. The lowest BCUT2D eigenvalue weighted by Crippen LogP contribution is -2.19. The Hall–Kier alpha value is -1.74. The molecule has 0 spiro atoms. The quantitative estimate of drug-likeness (QED) is 0.897. The van der Waals surface area contributed by atoms with Crippen molar-refractivity contribution in [1.82, 2.24) is 0 Å². The number of nitrogens with zero attached hydrogens (tertiary/aromatic N) is 1. The summed E-state index contributed by atoms with van der Waals surface area (Å²) in [5.74, 6) is 1.91. The normalized spacial score (nSPS) is 12.4. The van der Waals surface area contributed by atoms with Gasteiger partial charge in [-0.2, -0.15) is 0 Å². The van der Waals surface area contributed by atoms with E-state index in [1.54, 1.807) is 0 Å². The first-order chi connectivity index (χ1) is 8.58. The highest BCUT2D eigenvalue weighted by Crippen LogP contribution is 2.25. The number of hydrogen-bond acceptors (Lipinski definition) is 3. The molecule has 0 aliphatic heterocycles. The van der Waals surface area contributed by atoms with Crippen LogP contribution in [0, 0.1) is 6.92 Å². The van der Waals surface area contributed by atoms with E-state index in [1.165, 1.54) is 0 Å². The number of rotatable bonds is 4. The third kappa shape index (κ3) is 2.74. The largest absolute Gasteiger partial charge is 0.464 e. The van der Waals surface area contributed by atoms with Crippen molar-refractivity contribution in [2.24, 2.45) is 5.73 Å². The van der Waals surface area contributed by atoms with E-state index in [1.807, 2.05) is 38.1 Å². The van der Waals surface area contributed by atoms with Crippen LogP contribution in [0.15, 0.2) is 40.8 Å². The Morgan fingerprint density at radius 3 is 2.56 bits per heavy atom. The Balaban J connectivity index is 2.20. The monoisotopic (exact) mass is 244 g/mol. The molecule has 1 aromatic heterocycles. The third-order valence-electron chi connectivity index (χ3n) is 3.03. The molecule has 96 valence electrons. The fourth-order valence-corrected chi connectivity index (χ4v) is 2.11. The Labute approximate surface area is 108 Å². The van der Waals surface area contributed by atoms with Crippen LogP contribution in [0.1, 0.15) is 30.0 Å². The molecule has 0 fully saturated rings. The van der Waals surface area contributed by atoms with Gasteiger partial charge >= 0.3 is 0 Å². The van der Waals surface area contributed by atoms with Gasteiger partial charge in [-0.25, -0.2) is 0 Å². The van der Waals surface area contributed by atoms with Gasteiger partial charge in [-0.1, -0.05) is 18.2 Å². The molecule has 1 atom stereocenters. The summed E-state index contributed by atoms with van der Waals surface area (Å²) in [7, 11) is 2.05. The van der Waals surface area contributed by atoms with E-state index < -0.39 is 0 Å². The minimum Gasteiger partial charge on any atom is -0.464 e. The molecular formula is C15H20N2O. The molecule has 0 aliphatic rings. The first-order valence-corrected chi connectivity index (χ1v) is 6.19. The van der Waals surface area contributed by atoms with E-state index in [-0.39, 0.29) is 6.04 Å². The number of furan rings is 1. The maximum atomic E-state index is 6.00. The highest BCUT2D eigenvalue weighted by Gasteiger charge is 2.11. The molecule has 0 aliphatic carbocycles. The second kappa shape index (κ2) is 5.27. The fourth-order valence-electron chi connectivity index (χ4n) is 2.11. The average Bonchev–Trinajstić information content (AvgIpc) is 2.74. The van der Waals surface area contributed by atoms with Crippen LogP contribution in [0.2, 0.25) is 0 Å². The van der Waals surface area contributed by atoms with Gasteiger partial charge in [0.1, 0.15) is 11.5 Å². The topological polar surface area (TPSA) is 42.4 Å². The van der Waals surface area contributed by atoms with Gasteiger partial charge in [0, 0.05) is 18.8 Å². The average molecular weight is 244 g/mol. The summed E-state index contributed by atoms with van der Waals surface area (Å²) in [6.45, 7) is 4.71. The number of nitrogens with two attached hydrogens (primary N) is 1. The van der Waals surface area contributed by atoms with Crippen LogP contribution < -0.4 is 10.6 Å². The summed E-state index contributed by atoms with van der Waals surface area (Å²) >= 11 is 0. The van der Waals surface area contributed by atoms with Crippen LogP contribution in [0.25, 0.3) is 0 Å². The van der Waals surface area contributed by atoms with E-state index >= 15 is 0 Å². The smallest absolute Gasteiger partial charge is 0.123 e. The highest BCUT2D eigenvalue weighted by molar-refractivity contribution is 5.54. The molecule has 0 saturated heterocycles. The molecule has 3 nitrogen and oxygen atoms in total. The van der Waals surface area contributed by atoms with Crippen LogP contribution in [-0.4, -0.2) is 7.05 Å². The molecule has 2 rings (SSSR count). The molecule has 1 heterocycles. The van der Waals surface area contributed by atoms with Crippen molar-refractivity contribution in [3.05, 3.63) is 53.5 Å². The van der Waals surface area contributed by atoms with Crippen LogP contribution >= 0.6 is 0 Å². The lowest BCUT2D eigenvalue weighted by Gasteiger charge is -2.23. The number of aryl methyl sites for hydroxylation is 1. The first-order valence-electron chi connectivity index (χ1n) is 6.19. The van der Waals surface area contributed by atoms with Gasteiger partial charge in [-0.05, 0) is 37.6 Å². The molecule has 0 unspecified atom stereocenters. The zero-order chi connectivity index (χ0) is 13.1. The number of para-hydroxylation sites is 1. The van der Waals surface area contributed by atoms with Gasteiger partial charge in [0.05, 0.1) is 6.54 Å². The first kappa shape index (κ1) is 12.7. The SMILES string of the molecule is Cc1ccc(CN(C)c2ccccc2[C@@H](C)N)o1. The fraction of sp³-hybridized carbons (Fsp3) is 0.333. The molecule has 0 amide bonds. The second-order valence-corrected chi connectivity index (χ2v) is 4.72. The molecule has 3 heteroatoms. The van der Waals surface area contributed by atoms with E-state index in [2.05, 4.69) is 24.1 Å². The summed E-state index contributed by atoms with van der Waals surface area (Å²) in [6.07, 6.45) is 0. The molecule has 2 N–H and O–H groups in total. The van der Waals surface area contributed by atoms with Crippen molar-refractivity contribution in [2.75, 3.05) is 11.9 Å². The Morgan fingerprint density at radius 2 is 1.94 bits per heavy atom. The minimum absolute atomic E-state index is 0.0296. The van der Waals surface area contributed by atoms with E-state index in [9.17, 15) is 0 Å². The molecule has 0 radical (unpaired) electrons. The summed E-state index contributed by atoms with van der Waals surface area (Å²) in [6, 6.07) is 12.2. The van der Waals surface area contributed by atoms with Crippen LogP contribution in [0.5, 0.6) is 0 Å². The van der Waals surface area contributed by atoms with Crippen LogP contribution in [0.3, 0.4) is 0 Å². The molecule has 18 heavy (non-hydrogen) atoms. The zero-order valence-corrected chi connectivity index (χ0v) is 11.2. The summed E-state index contributed by atoms with van der Waals surface area (Å²) in [5.41, 5.74) is 8.31. The molecule has 0 bridgehead atoms. The Morgan fingerprint density at radius 1 is 1.22 bits per heavy atom. The van der Waals surface area contributed by atoms with E-state index in [4.69, 9.17) is 10.2 Å². The maximum absolute atomic E-state index is 6.00. The minimum atomic E-state index is 0.0296. The summed E-state index contributed by atoms with van der Waals surface area (Å²) in [5, 5.41) is 0. The zero-order valence-electron chi connectivity index (χ0n) is 11.2. The standard InChI is InChI=1S/C15H20N2O/c1-11-8-9-13(18-11)10-17(3)15-7-5-4-6-14(15)12(2)16/h4-9,12H,10,16H2,1-3H3/t12-/m1/s1. The van der Waals surface area contributed by atoms with Crippen LogP contribution in [0.4, 0.5) is 5.69 Å². The van der Waals surface area contributed by atoms with Crippen molar-refractivity contribution < 1.29 is 4.42 Å². The van der Waals surface area contributed by atoms with Crippen molar-refractivity contribution in [1.29, 1.82) is 0 Å². The van der Waals surface area contributed by atoms with Crippen molar-refractivity contribution >= 4 is 5.69 Å². The Bertz CT molecular complexity index is 517. The van der Waals surface area contributed by atoms with E-state index in [0.29, 0.717) is 0 Å². The van der Waals surface area contributed by atoms with E-state index in [0.717, 1.165) is 29.3 Å². The van der Waals surface area contributed by atoms with Gasteiger partial charge in [-0.15, -0.1) is 0 Å². The second-order valence-electron chi connectivity index (χ2n) is 4.72. The van der Waals surface area contributed by atoms with Gasteiger partial charge in [-0.3, -0.25) is 0 Å². The lowest BCUT2D eigenvalue weighted by atomic mass is 10.1. The number of anilines is 1. The molecule has 1 aromatic carbocycles. The van der Waals surface area contributed by atoms with Gasteiger partial charge in [0.15, 0.2) is 0 Å². The molecule has 2 aromatic rings. The maximum Gasteiger partial charge on any atom is 0.123 e. The Kier molecular flexibility index (Phi) is 3.72. The van der Waals surface area contributed by atoms with Gasteiger partial charge in [0.2, 0.25) is 0 Å². The number of benzene rings is 1. The predicted molar refractivity (Wildman–Crippen MR) is 74.6 cm³/mol. The highest BCUT2D eigenvalue weighted by atomic mass is 16.3. The summed E-state index contributed by atoms with van der Waals surface area (Å²) in [4.78, 5) is 2.16. The van der Waals surface area contributed by atoms with Crippen LogP contribution in [-0.2, 0) is 6.54 Å². The molecule has 0 saturated carbocycles. The van der Waals surface area contributed by atoms with Crippen molar-refractivity contribution in [2.45, 2.75) is 26.4 Å². The van der Waals surface area contributed by atoms with Gasteiger partial charge in [0.25, 0.3) is 0 Å². The summed E-state index contributed by atoms with van der Waals surface area (Å²) < 4.78 is 5.60. The third-order valence-corrected chi connectivity index (χ3v) is 3.03. The van der Waals surface area contributed by atoms with Crippen molar-refractivity contribution in [3.8, 4) is 0 Å². The van der Waals surface area contributed by atoms with Crippen molar-refractivity contribution in [3.63, 3.8) is 0 Å². The lowest BCUT2D eigenvalue weighted by molar-refractivity contribution is 0.481.